The van der Waals surface area contributed by atoms with Gasteiger partial charge in [-0.05, 0) is 35.4 Å². The van der Waals surface area contributed by atoms with Gasteiger partial charge in [0.1, 0.15) is 5.82 Å². The van der Waals surface area contributed by atoms with Gasteiger partial charge >= 0.3 is 0 Å². The number of nitrogens with one attached hydrogen (secondary N) is 1. The molecule has 0 saturated heterocycles. The number of hydrogen-bond acceptors (Lipinski definition) is 2. The molecule has 26 heavy (non-hydrogen) atoms. The normalized spacial score (nSPS) is 10.7. The number of pyridine rings is 2. The lowest BCUT2D eigenvalue weighted by atomic mass is 9.91. The Kier molecular flexibility index (Phi) is 4.15. The number of halogens is 1. The van der Waals surface area contributed by atoms with Crippen molar-refractivity contribution in [2.75, 3.05) is 0 Å². The molecule has 2 aromatic heterocycles. The zero-order valence-corrected chi connectivity index (χ0v) is 13.8. The molecule has 0 bridgehead atoms. The maximum atomic E-state index is 13.9. The van der Waals surface area contributed by atoms with Crippen LogP contribution in [0.15, 0.2) is 90.0 Å². The monoisotopic (exact) mass is 342 g/mol. The highest BCUT2D eigenvalue weighted by Crippen LogP contribution is 2.36. The van der Waals surface area contributed by atoms with Crippen LogP contribution in [0.1, 0.15) is 0 Å². The van der Waals surface area contributed by atoms with Crippen LogP contribution in [0.2, 0.25) is 0 Å². The largest absolute Gasteiger partial charge is 0.328 e. The van der Waals surface area contributed by atoms with Crippen LogP contribution in [-0.2, 0) is 0 Å². The van der Waals surface area contributed by atoms with E-state index in [0.717, 1.165) is 11.1 Å². The average Bonchev–Trinajstić information content (AvgIpc) is 2.69. The van der Waals surface area contributed by atoms with E-state index in [1.165, 1.54) is 12.1 Å². The van der Waals surface area contributed by atoms with E-state index < -0.39 is 0 Å². The molecule has 4 rings (SSSR count). The summed E-state index contributed by atoms with van der Waals surface area (Å²) >= 11 is 0. The van der Waals surface area contributed by atoms with Crippen LogP contribution in [0.3, 0.4) is 0 Å². The summed E-state index contributed by atoms with van der Waals surface area (Å²) in [7, 11) is 0. The first-order chi connectivity index (χ1) is 12.7. The van der Waals surface area contributed by atoms with Crippen molar-refractivity contribution in [1.82, 2.24) is 9.97 Å². The van der Waals surface area contributed by atoms with Crippen molar-refractivity contribution in [2.24, 2.45) is 0 Å². The maximum absolute atomic E-state index is 13.9. The molecular formula is C22H15FN2O. The number of aromatic amines is 1. The fraction of sp³-hybridized carbons (Fsp3) is 0. The fourth-order valence-corrected chi connectivity index (χ4v) is 3.08. The minimum Gasteiger partial charge on any atom is -0.328 e. The first-order valence-corrected chi connectivity index (χ1v) is 8.22. The van der Waals surface area contributed by atoms with E-state index in [2.05, 4.69) is 9.97 Å². The molecule has 0 atom stereocenters. The molecule has 0 aliphatic carbocycles. The van der Waals surface area contributed by atoms with Crippen molar-refractivity contribution in [3.63, 3.8) is 0 Å². The third-order valence-electron chi connectivity index (χ3n) is 4.21. The van der Waals surface area contributed by atoms with E-state index in [9.17, 15) is 9.18 Å². The summed E-state index contributed by atoms with van der Waals surface area (Å²) in [6, 6.07) is 21.2. The van der Waals surface area contributed by atoms with Crippen LogP contribution >= 0.6 is 0 Å². The molecule has 0 amide bonds. The molecule has 0 fully saturated rings. The topological polar surface area (TPSA) is 45.8 Å². The number of aromatic nitrogens is 2. The van der Waals surface area contributed by atoms with Gasteiger partial charge in [0.25, 0.3) is 5.56 Å². The van der Waals surface area contributed by atoms with Crippen LogP contribution in [0.25, 0.3) is 33.5 Å². The highest BCUT2D eigenvalue weighted by atomic mass is 19.1. The van der Waals surface area contributed by atoms with Crippen molar-refractivity contribution < 1.29 is 4.39 Å². The summed E-state index contributed by atoms with van der Waals surface area (Å²) in [4.78, 5) is 19.9. The van der Waals surface area contributed by atoms with Crippen molar-refractivity contribution in [3.8, 4) is 33.5 Å². The van der Waals surface area contributed by atoms with E-state index in [0.29, 0.717) is 22.4 Å². The zero-order valence-electron chi connectivity index (χ0n) is 13.8. The summed E-state index contributed by atoms with van der Waals surface area (Å²) in [5.74, 6) is -0.353. The lowest BCUT2D eigenvalue weighted by Crippen LogP contribution is -2.11. The Bertz CT molecular complexity index is 1110. The Morgan fingerprint density at radius 1 is 0.808 bits per heavy atom. The van der Waals surface area contributed by atoms with Crippen LogP contribution in [0, 0.1) is 5.82 Å². The molecule has 0 aliphatic rings. The number of rotatable bonds is 3. The van der Waals surface area contributed by atoms with Gasteiger partial charge in [-0.15, -0.1) is 0 Å². The Labute approximate surface area is 149 Å². The molecule has 4 heteroatoms. The Hall–Kier alpha value is -3.53. The highest BCUT2D eigenvalue weighted by molar-refractivity contribution is 5.92. The molecule has 4 aromatic rings. The van der Waals surface area contributed by atoms with Gasteiger partial charge in [-0.25, -0.2) is 4.39 Å². The van der Waals surface area contributed by atoms with Gasteiger partial charge in [0, 0.05) is 23.5 Å². The average molecular weight is 342 g/mol. The second-order valence-corrected chi connectivity index (χ2v) is 5.87. The zero-order chi connectivity index (χ0) is 17.9. The van der Waals surface area contributed by atoms with Crippen molar-refractivity contribution in [1.29, 1.82) is 0 Å². The highest BCUT2D eigenvalue weighted by Gasteiger charge is 2.18. The summed E-state index contributed by atoms with van der Waals surface area (Å²) in [6.07, 6.45) is 3.33. The van der Waals surface area contributed by atoms with Crippen LogP contribution in [0.4, 0.5) is 4.39 Å². The van der Waals surface area contributed by atoms with E-state index in [4.69, 9.17) is 0 Å². The van der Waals surface area contributed by atoms with Crippen molar-refractivity contribution in [2.45, 2.75) is 0 Å². The predicted molar refractivity (Wildman–Crippen MR) is 101 cm³/mol. The minimum atomic E-state index is -0.353. The second kappa shape index (κ2) is 6.76. The second-order valence-electron chi connectivity index (χ2n) is 5.87. The quantitative estimate of drug-likeness (QED) is 0.575. The standard InChI is InChI=1S/C22H15FN2O/c23-17-10-6-9-16(13-17)20-18(19-11-4-5-12-24-19)14-25-22(26)21(20)15-7-2-1-3-8-15/h1-14H,(H,25,26). The number of benzene rings is 2. The van der Waals surface area contributed by atoms with Crippen molar-refractivity contribution >= 4 is 0 Å². The summed E-state index contributed by atoms with van der Waals surface area (Å²) in [6.45, 7) is 0. The fourth-order valence-electron chi connectivity index (χ4n) is 3.08. The molecule has 3 nitrogen and oxygen atoms in total. The van der Waals surface area contributed by atoms with Gasteiger partial charge < -0.3 is 4.98 Å². The van der Waals surface area contributed by atoms with Crippen LogP contribution < -0.4 is 5.56 Å². The molecule has 2 aromatic carbocycles. The predicted octanol–water partition coefficient (Wildman–Crippen LogP) is 4.91. The Morgan fingerprint density at radius 2 is 1.58 bits per heavy atom. The van der Waals surface area contributed by atoms with E-state index in [1.54, 1.807) is 24.5 Å². The van der Waals surface area contributed by atoms with Gasteiger partial charge in [0.2, 0.25) is 0 Å². The molecule has 0 saturated carbocycles. The van der Waals surface area contributed by atoms with E-state index in [1.807, 2.05) is 48.5 Å². The molecule has 0 unspecified atom stereocenters. The molecule has 0 aliphatic heterocycles. The SMILES string of the molecule is O=c1[nH]cc(-c2ccccn2)c(-c2cccc(F)c2)c1-c1ccccc1. The van der Waals surface area contributed by atoms with Gasteiger partial charge in [-0.3, -0.25) is 9.78 Å². The first-order valence-electron chi connectivity index (χ1n) is 8.22. The Balaban J connectivity index is 2.10. The number of nitrogens with zero attached hydrogens (tertiary/aromatic N) is 1. The summed E-state index contributed by atoms with van der Waals surface area (Å²) < 4.78 is 13.9. The summed E-state index contributed by atoms with van der Waals surface area (Å²) in [5, 5.41) is 0. The third-order valence-corrected chi connectivity index (χ3v) is 4.21. The number of H-pyrrole nitrogens is 1. The minimum absolute atomic E-state index is 0.227. The Morgan fingerprint density at radius 3 is 2.31 bits per heavy atom. The molecule has 0 spiro atoms. The molecule has 126 valence electrons. The number of hydrogen-bond donors (Lipinski definition) is 1. The van der Waals surface area contributed by atoms with Gasteiger partial charge in [-0.2, -0.15) is 0 Å². The van der Waals surface area contributed by atoms with Crippen LogP contribution in [0.5, 0.6) is 0 Å². The van der Waals surface area contributed by atoms with E-state index >= 15 is 0 Å². The lowest BCUT2D eigenvalue weighted by Gasteiger charge is -2.14. The van der Waals surface area contributed by atoms with Gasteiger partial charge in [-0.1, -0.05) is 48.5 Å². The van der Waals surface area contributed by atoms with Crippen molar-refractivity contribution in [3.05, 3.63) is 101 Å². The van der Waals surface area contributed by atoms with Gasteiger partial charge in [0.05, 0.1) is 11.3 Å². The molecule has 0 radical (unpaired) electrons. The summed E-state index contributed by atoms with van der Waals surface area (Å²) in [5.41, 5.74) is 3.80. The maximum Gasteiger partial charge on any atom is 0.256 e. The molecule has 2 heterocycles. The smallest absolute Gasteiger partial charge is 0.256 e. The molecular weight excluding hydrogens is 327 g/mol. The van der Waals surface area contributed by atoms with E-state index in [-0.39, 0.29) is 11.4 Å². The molecule has 1 N–H and O–H groups in total. The third kappa shape index (κ3) is 2.93. The van der Waals surface area contributed by atoms with Crippen LogP contribution in [-0.4, -0.2) is 9.97 Å². The van der Waals surface area contributed by atoms with Gasteiger partial charge in [0.15, 0.2) is 0 Å². The lowest BCUT2D eigenvalue weighted by molar-refractivity contribution is 0.628. The first kappa shape index (κ1) is 16.0.